The second-order valence-electron chi connectivity index (χ2n) is 5.13. The number of amides is 1. The summed E-state index contributed by atoms with van der Waals surface area (Å²) in [4.78, 5) is 12.0. The van der Waals surface area contributed by atoms with Gasteiger partial charge in [0.15, 0.2) is 0 Å². The number of carbonyl (C=O) groups is 1. The average Bonchev–Trinajstić information content (AvgIpc) is 2.40. The monoisotopic (exact) mass is 278 g/mol. The van der Waals surface area contributed by atoms with Crippen LogP contribution in [0.25, 0.3) is 0 Å². The molecule has 0 saturated carbocycles. The molecule has 2 rings (SSSR count). The topological polar surface area (TPSA) is 41.1 Å². The van der Waals surface area contributed by atoms with Crippen molar-refractivity contribution in [3.8, 4) is 0 Å². The van der Waals surface area contributed by atoms with Gasteiger partial charge in [-0.2, -0.15) is 11.8 Å². The van der Waals surface area contributed by atoms with Crippen LogP contribution in [0.4, 0.5) is 0 Å². The fourth-order valence-corrected chi connectivity index (χ4v) is 3.16. The van der Waals surface area contributed by atoms with Gasteiger partial charge < -0.3 is 10.6 Å². The van der Waals surface area contributed by atoms with Crippen LogP contribution in [0.5, 0.6) is 0 Å². The first-order valence-electron chi connectivity index (χ1n) is 6.82. The van der Waals surface area contributed by atoms with Crippen LogP contribution >= 0.6 is 11.8 Å². The zero-order valence-corrected chi connectivity index (χ0v) is 12.4. The molecule has 0 bridgehead atoms. The Hall–Kier alpha value is -1.00. The fraction of sp³-hybridized carbons (Fsp3) is 0.533. The summed E-state index contributed by atoms with van der Waals surface area (Å²) >= 11 is 1.92. The molecular weight excluding hydrogens is 256 g/mol. The summed E-state index contributed by atoms with van der Waals surface area (Å²) in [5.74, 6) is 2.32. The third kappa shape index (κ3) is 4.55. The molecule has 3 nitrogen and oxygen atoms in total. The summed E-state index contributed by atoms with van der Waals surface area (Å²) in [6, 6.07) is 8.71. The second kappa shape index (κ2) is 6.96. The number of aryl methyl sites for hydroxylation is 1. The minimum Gasteiger partial charge on any atom is -0.350 e. The lowest BCUT2D eigenvalue weighted by atomic mass is 10.1. The van der Waals surface area contributed by atoms with Gasteiger partial charge in [-0.05, 0) is 19.4 Å². The normalized spacial score (nSPS) is 20.8. The predicted molar refractivity (Wildman–Crippen MR) is 81.5 cm³/mol. The van der Waals surface area contributed by atoms with Gasteiger partial charge in [-0.1, -0.05) is 29.8 Å². The van der Waals surface area contributed by atoms with Gasteiger partial charge >= 0.3 is 0 Å². The van der Waals surface area contributed by atoms with Crippen molar-refractivity contribution in [2.45, 2.75) is 32.4 Å². The molecule has 4 heteroatoms. The Kier molecular flexibility index (Phi) is 5.28. The molecule has 1 aromatic rings. The summed E-state index contributed by atoms with van der Waals surface area (Å²) < 4.78 is 0. The van der Waals surface area contributed by atoms with Crippen LogP contribution in [0, 0.1) is 6.92 Å². The minimum atomic E-state index is 0.0735. The Morgan fingerprint density at radius 2 is 2.21 bits per heavy atom. The molecular formula is C15H22N2OS. The van der Waals surface area contributed by atoms with E-state index in [2.05, 4.69) is 41.8 Å². The van der Waals surface area contributed by atoms with Crippen LogP contribution in [-0.4, -0.2) is 30.0 Å². The lowest BCUT2D eigenvalue weighted by Gasteiger charge is -2.23. The SMILES string of the molecule is Cc1ccc([C@@H](C)NC(=O)CC2CSCCN2)cc1. The Labute approximate surface area is 119 Å². The van der Waals surface area contributed by atoms with Gasteiger partial charge in [0.2, 0.25) is 5.91 Å². The summed E-state index contributed by atoms with van der Waals surface area (Å²) in [6.07, 6.45) is 0.573. The first-order chi connectivity index (χ1) is 9.15. The third-order valence-corrected chi connectivity index (χ3v) is 4.52. The van der Waals surface area contributed by atoms with Gasteiger partial charge in [-0.3, -0.25) is 4.79 Å². The van der Waals surface area contributed by atoms with Gasteiger partial charge in [0.05, 0.1) is 6.04 Å². The zero-order chi connectivity index (χ0) is 13.7. The van der Waals surface area contributed by atoms with Crippen LogP contribution in [-0.2, 0) is 4.79 Å². The number of hydrogen-bond donors (Lipinski definition) is 2. The van der Waals surface area contributed by atoms with Crippen molar-refractivity contribution in [2.24, 2.45) is 0 Å². The van der Waals surface area contributed by atoms with Crippen LogP contribution in [0.3, 0.4) is 0 Å². The molecule has 0 radical (unpaired) electrons. The molecule has 0 aromatic heterocycles. The summed E-state index contributed by atoms with van der Waals surface area (Å²) in [7, 11) is 0. The maximum absolute atomic E-state index is 12.0. The van der Waals surface area contributed by atoms with Crippen LogP contribution in [0.2, 0.25) is 0 Å². The van der Waals surface area contributed by atoms with E-state index >= 15 is 0 Å². The number of rotatable bonds is 4. The van der Waals surface area contributed by atoms with E-state index in [1.54, 1.807) is 0 Å². The van der Waals surface area contributed by atoms with Crippen molar-refractivity contribution in [1.29, 1.82) is 0 Å². The van der Waals surface area contributed by atoms with Gasteiger partial charge in [-0.25, -0.2) is 0 Å². The highest BCUT2D eigenvalue weighted by Crippen LogP contribution is 2.14. The lowest BCUT2D eigenvalue weighted by Crippen LogP contribution is -2.41. The van der Waals surface area contributed by atoms with Crippen LogP contribution in [0.15, 0.2) is 24.3 Å². The Bertz CT molecular complexity index is 413. The fourth-order valence-electron chi connectivity index (χ4n) is 2.21. The van der Waals surface area contributed by atoms with Crippen molar-refractivity contribution < 1.29 is 4.79 Å². The highest BCUT2D eigenvalue weighted by Gasteiger charge is 2.18. The molecule has 1 aliphatic heterocycles. The third-order valence-electron chi connectivity index (χ3n) is 3.39. The van der Waals surface area contributed by atoms with E-state index in [1.165, 1.54) is 5.56 Å². The number of carbonyl (C=O) groups excluding carboxylic acids is 1. The van der Waals surface area contributed by atoms with Crippen molar-refractivity contribution >= 4 is 17.7 Å². The van der Waals surface area contributed by atoms with Crippen molar-refractivity contribution in [2.75, 3.05) is 18.1 Å². The molecule has 1 aliphatic rings. The van der Waals surface area contributed by atoms with Gasteiger partial charge in [-0.15, -0.1) is 0 Å². The second-order valence-corrected chi connectivity index (χ2v) is 6.28. The molecule has 1 amide bonds. The Morgan fingerprint density at radius 1 is 1.47 bits per heavy atom. The van der Waals surface area contributed by atoms with Gasteiger partial charge in [0.25, 0.3) is 0 Å². The maximum atomic E-state index is 12.0. The molecule has 1 saturated heterocycles. The van der Waals surface area contributed by atoms with E-state index in [1.807, 2.05) is 18.7 Å². The smallest absolute Gasteiger partial charge is 0.222 e. The van der Waals surface area contributed by atoms with E-state index in [4.69, 9.17) is 0 Å². The molecule has 1 fully saturated rings. The average molecular weight is 278 g/mol. The number of nitrogens with one attached hydrogen (secondary N) is 2. The molecule has 0 spiro atoms. The summed E-state index contributed by atoms with van der Waals surface area (Å²) in [5.41, 5.74) is 2.40. The number of thioether (sulfide) groups is 1. The quantitative estimate of drug-likeness (QED) is 0.887. The van der Waals surface area contributed by atoms with E-state index in [0.29, 0.717) is 12.5 Å². The standard InChI is InChI=1S/C15H22N2OS/c1-11-3-5-13(6-4-11)12(2)17-15(18)9-14-10-19-8-7-16-14/h3-6,12,14,16H,7-10H2,1-2H3,(H,17,18)/t12-,14?/m1/s1. The molecule has 19 heavy (non-hydrogen) atoms. The first kappa shape index (κ1) is 14.4. The molecule has 1 unspecified atom stereocenters. The van der Waals surface area contributed by atoms with Gasteiger partial charge in [0, 0.05) is 30.5 Å². The highest BCUT2D eigenvalue weighted by atomic mass is 32.2. The molecule has 2 N–H and O–H groups in total. The van der Waals surface area contributed by atoms with E-state index in [-0.39, 0.29) is 11.9 Å². The lowest BCUT2D eigenvalue weighted by molar-refractivity contribution is -0.122. The zero-order valence-electron chi connectivity index (χ0n) is 11.6. The summed E-state index contributed by atoms with van der Waals surface area (Å²) in [5, 5.41) is 6.46. The highest BCUT2D eigenvalue weighted by molar-refractivity contribution is 7.99. The first-order valence-corrected chi connectivity index (χ1v) is 7.97. The van der Waals surface area contributed by atoms with Crippen molar-refractivity contribution in [1.82, 2.24) is 10.6 Å². The molecule has 1 heterocycles. The predicted octanol–water partition coefficient (Wildman–Crippen LogP) is 2.27. The minimum absolute atomic E-state index is 0.0735. The van der Waals surface area contributed by atoms with E-state index < -0.39 is 0 Å². The van der Waals surface area contributed by atoms with E-state index in [0.717, 1.165) is 23.6 Å². The van der Waals surface area contributed by atoms with Gasteiger partial charge in [0.1, 0.15) is 0 Å². The molecule has 0 aliphatic carbocycles. The summed E-state index contributed by atoms with van der Waals surface area (Å²) in [6.45, 7) is 5.11. The van der Waals surface area contributed by atoms with Crippen molar-refractivity contribution in [3.63, 3.8) is 0 Å². The Morgan fingerprint density at radius 3 is 2.84 bits per heavy atom. The molecule has 1 aromatic carbocycles. The number of benzene rings is 1. The number of hydrogen-bond acceptors (Lipinski definition) is 3. The maximum Gasteiger partial charge on any atom is 0.222 e. The van der Waals surface area contributed by atoms with Crippen molar-refractivity contribution in [3.05, 3.63) is 35.4 Å². The molecule has 104 valence electrons. The molecule has 2 atom stereocenters. The largest absolute Gasteiger partial charge is 0.350 e. The van der Waals surface area contributed by atoms with E-state index in [9.17, 15) is 4.79 Å². The Balaban J connectivity index is 1.82. The van der Waals surface area contributed by atoms with Crippen LogP contribution in [0.1, 0.15) is 30.5 Å². The van der Waals surface area contributed by atoms with Crippen LogP contribution < -0.4 is 10.6 Å².